The second-order valence-electron chi connectivity index (χ2n) is 13.4. The Hall–Kier alpha value is -1.53. The number of fused-ring (bicyclic) bond motifs is 5. The summed E-state index contributed by atoms with van der Waals surface area (Å²) in [5, 5.41) is 0. The number of nitrogens with one attached hydrogen (secondary N) is 1. The van der Waals surface area contributed by atoms with Gasteiger partial charge in [0.15, 0.2) is 0 Å². The van der Waals surface area contributed by atoms with Crippen molar-refractivity contribution in [1.29, 1.82) is 0 Å². The number of carbonyl (C=O) groups is 2. The normalized spacial score (nSPS) is 38.5. The lowest BCUT2D eigenvalue weighted by Gasteiger charge is -2.59. The van der Waals surface area contributed by atoms with Crippen LogP contribution in [0, 0.1) is 53.3 Å². The Morgan fingerprint density at radius 1 is 0.973 bits per heavy atom. The van der Waals surface area contributed by atoms with Gasteiger partial charge in [0.1, 0.15) is 11.6 Å². The van der Waals surface area contributed by atoms with Crippen LogP contribution >= 0.6 is 0 Å². The summed E-state index contributed by atoms with van der Waals surface area (Å²) in [6.07, 6.45) is 9.30. The van der Waals surface area contributed by atoms with E-state index in [1.165, 1.54) is 12.8 Å². The zero-order valence-electron chi connectivity index (χ0n) is 23.1. The van der Waals surface area contributed by atoms with Crippen LogP contribution in [0.4, 0.5) is 0 Å². The van der Waals surface area contributed by atoms with Gasteiger partial charge >= 0.3 is 0 Å². The average molecular weight is 528 g/mol. The summed E-state index contributed by atoms with van der Waals surface area (Å²) in [7, 11) is -3.47. The zero-order valence-corrected chi connectivity index (χ0v) is 23.9. The van der Waals surface area contributed by atoms with E-state index >= 15 is 0 Å². The Morgan fingerprint density at radius 2 is 1.68 bits per heavy atom. The number of Topliss-reactive ketones (excluding diaryl/α,β-unsaturated/α-hetero) is 2. The van der Waals surface area contributed by atoms with E-state index in [0.717, 1.165) is 37.7 Å². The molecule has 0 aromatic heterocycles. The average Bonchev–Trinajstić information content (AvgIpc) is 3.20. The number of hydrogen-bond acceptors (Lipinski definition) is 4. The van der Waals surface area contributed by atoms with Crippen LogP contribution < -0.4 is 4.72 Å². The van der Waals surface area contributed by atoms with E-state index in [4.69, 9.17) is 0 Å². The maximum Gasteiger partial charge on any atom is 0.240 e. The van der Waals surface area contributed by atoms with E-state index in [9.17, 15) is 18.0 Å². The van der Waals surface area contributed by atoms with E-state index in [1.807, 2.05) is 19.1 Å². The van der Waals surface area contributed by atoms with Crippen molar-refractivity contribution >= 4 is 21.6 Å². The maximum atomic E-state index is 13.6. The predicted octanol–water partition coefficient (Wildman–Crippen LogP) is 6.10. The number of sulfonamides is 1. The highest BCUT2D eigenvalue weighted by Crippen LogP contribution is 2.67. The summed E-state index contributed by atoms with van der Waals surface area (Å²) >= 11 is 0. The third kappa shape index (κ3) is 4.75. The number of carbonyl (C=O) groups excluding carboxylic acids is 2. The molecule has 5 rings (SSSR count). The number of hydrogen-bond donors (Lipinski definition) is 1. The molecule has 4 fully saturated rings. The Kier molecular flexibility index (Phi) is 7.23. The van der Waals surface area contributed by atoms with Crippen LogP contribution in [0.25, 0.3) is 0 Å². The molecule has 1 N–H and O–H groups in total. The predicted molar refractivity (Wildman–Crippen MR) is 145 cm³/mol. The lowest BCUT2D eigenvalue weighted by molar-refractivity contribution is -0.159. The quantitative estimate of drug-likeness (QED) is 0.435. The lowest BCUT2D eigenvalue weighted by Crippen LogP contribution is -2.57. The number of rotatable bonds is 7. The first-order chi connectivity index (χ1) is 17.5. The van der Waals surface area contributed by atoms with Gasteiger partial charge in [-0.25, -0.2) is 13.1 Å². The van der Waals surface area contributed by atoms with Crippen molar-refractivity contribution in [3.8, 4) is 0 Å². The highest BCUT2D eigenvalue weighted by Gasteiger charge is 2.63. The van der Waals surface area contributed by atoms with Crippen LogP contribution in [0.5, 0.6) is 0 Å². The smallest absolute Gasteiger partial charge is 0.240 e. The molecule has 4 aliphatic carbocycles. The molecule has 0 heterocycles. The van der Waals surface area contributed by atoms with Crippen LogP contribution in [0.3, 0.4) is 0 Å². The minimum Gasteiger partial charge on any atom is -0.300 e. The molecule has 0 bridgehead atoms. The van der Waals surface area contributed by atoms with Gasteiger partial charge in [0.05, 0.1) is 4.90 Å². The van der Waals surface area contributed by atoms with E-state index in [-0.39, 0.29) is 22.7 Å². The number of aryl methyl sites for hydroxylation is 1. The molecule has 204 valence electrons. The highest BCUT2D eigenvalue weighted by atomic mass is 32.2. The number of benzene rings is 1. The van der Waals surface area contributed by atoms with Crippen molar-refractivity contribution in [2.45, 2.75) is 96.8 Å². The van der Waals surface area contributed by atoms with Crippen LogP contribution in [-0.2, 0) is 19.6 Å². The van der Waals surface area contributed by atoms with Gasteiger partial charge in [-0.2, -0.15) is 0 Å². The fraction of sp³-hybridized carbons (Fsp3) is 0.742. The van der Waals surface area contributed by atoms with E-state index < -0.39 is 10.0 Å². The zero-order chi connectivity index (χ0) is 26.6. The van der Waals surface area contributed by atoms with Crippen LogP contribution in [0.15, 0.2) is 29.2 Å². The molecule has 0 radical (unpaired) electrons. The molecule has 6 heteroatoms. The molecule has 1 aromatic rings. The second-order valence-corrected chi connectivity index (χ2v) is 15.2. The highest BCUT2D eigenvalue weighted by molar-refractivity contribution is 7.89. The molecule has 0 saturated heterocycles. The van der Waals surface area contributed by atoms with E-state index in [2.05, 4.69) is 25.5 Å². The van der Waals surface area contributed by atoms with Crippen LogP contribution in [0.2, 0.25) is 0 Å². The molecule has 5 nitrogen and oxygen atoms in total. The van der Waals surface area contributed by atoms with E-state index in [1.54, 1.807) is 12.1 Å². The summed E-state index contributed by atoms with van der Waals surface area (Å²) in [6, 6.07) is 6.98. The molecule has 0 spiro atoms. The fourth-order valence-electron chi connectivity index (χ4n) is 9.33. The van der Waals surface area contributed by atoms with Gasteiger partial charge in [0, 0.05) is 31.7 Å². The molecule has 4 aliphatic rings. The van der Waals surface area contributed by atoms with Crippen molar-refractivity contribution in [2.24, 2.45) is 46.3 Å². The van der Waals surface area contributed by atoms with Gasteiger partial charge < -0.3 is 0 Å². The molecule has 8 atom stereocenters. The topological polar surface area (TPSA) is 80.3 Å². The van der Waals surface area contributed by atoms with Gasteiger partial charge in [-0.15, -0.1) is 0 Å². The Bertz CT molecular complexity index is 1140. The van der Waals surface area contributed by atoms with Gasteiger partial charge in [0.25, 0.3) is 0 Å². The Labute approximate surface area is 223 Å². The van der Waals surface area contributed by atoms with Crippen molar-refractivity contribution in [2.75, 3.05) is 6.54 Å². The maximum absolute atomic E-state index is 13.6. The van der Waals surface area contributed by atoms with Crippen molar-refractivity contribution in [1.82, 2.24) is 4.72 Å². The van der Waals surface area contributed by atoms with Gasteiger partial charge in [-0.05, 0) is 104 Å². The molecule has 0 aliphatic heterocycles. The van der Waals surface area contributed by atoms with Crippen molar-refractivity contribution in [3.63, 3.8) is 0 Å². The van der Waals surface area contributed by atoms with Crippen molar-refractivity contribution in [3.05, 3.63) is 29.8 Å². The summed E-state index contributed by atoms with van der Waals surface area (Å²) < 4.78 is 28.0. The van der Waals surface area contributed by atoms with Crippen LogP contribution in [-0.4, -0.2) is 26.5 Å². The molecule has 1 aromatic carbocycles. The Morgan fingerprint density at radius 3 is 2.41 bits per heavy atom. The monoisotopic (exact) mass is 527 g/mol. The SMILES string of the molecule is Cc1ccc(S(=O)(=O)NCCC[C@@H](C)[C@H]2CC[C@H]3[C@@H]4C(=O)C[C@@H]5CC(=O)CC[C@]5(C)[C@H]4CC[C@]23C)cc1. The first-order valence-corrected chi connectivity index (χ1v) is 16.0. The molecule has 4 saturated carbocycles. The third-order valence-electron chi connectivity index (χ3n) is 11.5. The molecule has 37 heavy (non-hydrogen) atoms. The standard InChI is InChI=1S/C31H45NO4S/c1-20-7-9-24(10-8-20)37(35,36)32-17-5-6-21(2)25-11-12-26-29-27(14-16-31(25,26)4)30(3)15-13-23(33)18-22(30)19-28(29)34/h7-10,21-22,25-27,29,32H,5-6,11-19H2,1-4H3/t21-,22+,25-,26+,27+,29+,30+,31-/m1/s1. The number of ketones is 2. The molecule has 0 unspecified atom stereocenters. The molecular formula is C31H45NO4S. The largest absolute Gasteiger partial charge is 0.300 e. The first kappa shape index (κ1) is 27.1. The van der Waals surface area contributed by atoms with Gasteiger partial charge in [-0.1, -0.05) is 38.5 Å². The third-order valence-corrected chi connectivity index (χ3v) is 13.0. The summed E-state index contributed by atoms with van der Waals surface area (Å²) in [5.74, 6) is 3.21. The Balaban J connectivity index is 1.21. The van der Waals surface area contributed by atoms with Gasteiger partial charge in [-0.3, -0.25) is 9.59 Å². The minimum atomic E-state index is -3.47. The van der Waals surface area contributed by atoms with Crippen molar-refractivity contribution < 1.29 is 18.0 Å². The summed E-state index contributed by atoms with van der Waals surface area (Å²) in [5.41, 5.74) is 1.38. The minimum absolute atomic E-state index is 0.145. The van der Waals surface area contributed by atoms with E-state index in [0.29, 0.717) is 65.9 Å². The molecular weight excluding hydrogens is 482 g/mol. The summed E-state index contributed by atoms with van der Waals surface area (Å²) in [6.45, 7) is 9.59. The fourth-order valence-corrected chi connectivity index (χ4v) is 10.4. The second kappa shape index (κ2) is 9.89. The molecule has 0 amide bonds. The first-order valence-electron chi connectivity index (χ1n) is 14.6. The van der Waals surface area contributed by atoms with Gasteiger partial charge in [0.2, 0.25) is 10.0 Å². The lowest BCUT2D eigenvalue weighted by atomic mass is 9.44. The van der Waals surface area contributed by atoms with Crippen LogP contribution in [0.1, 0.15) is 90.5 Å². The summed E-state index contributed by atoms with van der Waals surface area (Å²) in [4.78, 5) is 26.1.